The van der Waals surface area contributed by atoms with E-state index in [1.54, 1.807) is 6.92 Å². The number of likely N-dealkylation sites (tertiary alicyclic amines) is 1. The van der Waals surface area contributed by atoms with Crippen LogP contribution in [0.3, 0.4) is 0 Å². The number of hydrogen-bond acceptors (Lipinski definition) is 2. The van der Waals surface area contributed by atoms with Crippen LogP contribution in [0.4, 0.5) is 0 Å². The van der Waals surface area contributed by atoms with Crippen molar-refractivity contribution >= 4 is 5.91 Å². The quantitative estimate of drug-likeness (QED) is 0.706. The number of amides is 1. The number of aliphatic hydroxyl groups is 1. The molecule has 1 amide bonds. The molecular formula is C22H37NO2. The zero-order valence-electron chi connectivity index (χ0n) is 16.7. The Balaban J connectivity index is 1.62. The lowest BCUT2D eigenvalue weighted by Gasteiger charge is -2.64. The van der Waals surface area contributed by atoms with Crippen molar-refractivity contribution in [3.63, 3.8) is 0 Å². The van der Waals surface area contributed by atoms with E-state index in [1.807, 2.05) is 6.92 Å². The zero-order valence-corrected chi connectivity index (χ0v) is 16.7. The Bertz CT molecular complexity index is 558. The van der Waals surface area contributed by atoms with E-state index in [1.165, 1.54) is 44.9 Å². The minimum atomic E-state index is -0.448. The first-order valence-electron chi connectivity index (χ1n) is 10.7. The van der Waals surface area contributed by atoms with Gasteiger partial charge in [0.25, 0.3) is 0 Å². The van der Waals surface area contributed by atoms with Crippen LogP contribution in [0.25, 0.3) is 0 Å². The Labute approximate surface area is 153 Å². The molecule has 0 spiro atoms. The highest BCUT2D eigenvalue weighted by Gasteiger charge is 2.59. The average molecular weight is 348 g/mol. The van der Waals surface area contributed by atoms with Crippen LogP contribution in [0.1, 0.15) is 85.5 Å². The average Bonchev–Trinajstić information content (AvgIpc) is 2.53. The van der Waals surface area contributed by atoms with Crippen LogP contribution in [0, 0.1) is 29.1 Å². The summed E-state index contributed by atoms with van der Waals surface area (Å²) in [6.45, 7) is 9.69. The molecule has 3 nitrogen and oxygen atoms in total. The van der Waals surface area contributed by atoms with Crippen LogP contribution in [-0.2, 0) is 4.79 Å². The Hall–Kier alpha value is -0.570. The van der Waals surface area contributed by atoms with Gasteiger partial charge < -0.3 is 10.0 Å². The molecule has 1 N–H and O–H groups in total. The molecule has 0 unspecified atom stereocenters. The highest BCUT2D eigenvalue weighted by atomic mass is 16.3. The van der Waals surface area contributed by atoms with Crippen molar-refractivity contribution in [2.75, 3.05) is 6.54 Å². The first-order chi connectivity index (χ1) is 11.7. The maximum absolute atomic E-state index is 12.3. The fraction of sp³-hybridized carbons (Fsp3) is 0.955. The van der Waals surface area contributed by atoms with Crippen molar-refractivity contribution in [3.05, 3.63) is 0 Å². The van der Waals surface area contributed by atoms with Gasteiger partial charge in [-0.3, -0.25) is 4.79 Å². The molecule has 25 heavy (non-hydrogen) atoms. The molecule has 1 aliphatic heterocycles. The standard InChI is InChI=1S/C22H37NO2/c1-15(24)23-13-5-6-19-17-8-7-16-14-20(2,25)11-12-21(16,3)18(17)9-10-22(19,23)4/h16-19,25H,5-14H2,1-4H3/t16-,17+,18-,19-,20+,21-,22-/m0/s1. The fourth-order valence-corrected chi connectivity index (χ4v) is 7.83. The molecule has 7 atom stereocenters. The van der Waals surface area contributed by atoms with Crippen LogP contribution in [-0.4, -0.2) is 33.6 Å². The van der Waals surface area contributed by atoms with Gasteiger partial charge in [-0.1, -0.05) is 6.92 Å². The molecule has 1 heterocycles. The normalized spacial score (nSPS) is 52.8. The van der Waals surface area contributed by atoms with Gasteiger partial charge in [0, 0.05) is 19.0 Å². The second kappa shape index (κ2) is 5.71. The van der Waals surface area contributed by atoms with Crippen LogP contribution in [0.5, 0.6) is 0 Å². The largest absolute Gasteiger partial charge is 0.390 e. The van der Waals surface area contributed by atoms with Crippen LogP contribution < -0.4 is 0 Å². The molecule has 142 valence electrons. The van der Waals surface area contributed by atoms with Gasteiger partial charge in [-0.2, -0.15) is 0 Å². The summed E-state index contributed by atoms with van der Waals surface area (Å²) < 4.78 is 0. The molecule has 3 saturated carbocycles. The number of nitrogens with zero attached hydrogens (tertiary/aromatic N) is 1. The summed E-state index contributed by atoms with van der Waals surface area (Å²) in [4.78, 5) is 14.5. The Morgan fingerprint density at radius 2 is 1.76 bits per heavy atom. The summed E-state index contributed by atoms with van der Waals surface area (Å²) in [6.07, 6.45) is 10.7. The Morgan fingerprint density at radius 1 is 1.00 bits per heavy atom. The van der Waals surface area contributed by atoms with Crippen LogP contribution in [0.2, 0.25) is 0 Å². The number of carbonyl (C=O) groups excluding carboxylic acids is 1. The Kier molecular flexibility index (Phi) is 4.07. The van der Waals surface area contributed by atoms with Crippen molar-refractivity contribution in [2.24, 2.45) is 29.1 Å². The Morgan fingerprint density at radius 3 is 2.48 bits per heavy atom. The summed E-state index contributed by atoms with van der Waals surface area (Å²) in [5, 5.41) is 10.6. The second-order valence-electron chi connectivity index (χ2n) is 10.6. The zero-order chi connectivity index (χ0) is 18.0. The summed E-state index contributed by atoms with van der Waals surface area (Å²) in [6, 6.07) is 0. The molecule has 1 saturated heterocycles. The van der Waals surface area contributed by atoms with E-state index in [-0.39, 0.29) is 11.4 Å². The SMILES string of the molecule is CC(=O)N1CCC[C@H]2[C@@H]3CC[C@H]4C[C@](C)(O)CC[C@]4(C)[C@H]3CC[C@@]21C. The maximum Gasteiger partial charge on any atom is 0.219 e. The number of fused-ring (bicyclic) bond motifs is 5. The lowest BCUT2D eigenvalue weighted by Crippen LogP contribution is -2.64. The first-order valence-corrected chi connectivity index (χ1v) is 10.7. The van der Waals surface area contributed by atoms with Crippen molar-refractivity contribution < 1.29 is 9.90 Å². The van der Waals surface area contributed by atoms with Gasteiger partial charge in [0.15, 0.2) is 0 Å². The van der Waals surface area contributed by atoms with Crippen molar-refractivity contribution in [1.82, 2.24) is 4.90 Å². The van der Waals surface area contributed by atoms with Gasteiger partial charge in [-0.15, -0.1) is 0 Å². The summed E-state index contributed by atoms with van der Waals surface area (Å²) in [5.74, 6) is 3.23. The molecule has 0 radical (unpaired) electrons. The molecule has 4 aliphatic rings. The topological polar surface area (TPSA) is 40.5 Å². The van der Waals surface area contributed by atoms with Crippen LogP contribution in [0.15, 0.2) is 0 Å². The van der Waals surface area contributed by atoms with Gasteiger partial charge in [-0.05, 0) is 101 Å². The van der Waals surface area contributed by atoms with Crippen molar-refractivity contribution in [2.45, 2.75) is 96.6 Å². The molecule has 0 bridgehead atoms. The van der Waals surface area contributed by atoms with E-state index < -0.39 is 5.60 Å². The molecule has 4 fully saturated rings. The summed E-state index contributed by atoms with van der Waals surface area (Å²) in [5.41, 5.74) is 0.0516. The van der Waals surface area contributed by atoms with Gasteiger partial charge in [0.1, 0.15) is 0 Å². The minimum Gasteiger partial charge on any atom is -0.390 e. The van der Waals surface area contributed by atoms with Crippen molar-refractivity contribution in [1.29, 1.82) is 0 Å². The molecule has 0 aromatic carbocycles. The molecule has 4 rings (SSSR count). The van der Waals surface area contributed by atoms with E-state index in [0.29, 0.717) is 17.3 Å². The fourth-order valence-electron chi connectivity index (χ4n) is 7.83. The highest BCUT2D eigenvalue weighted by molar-refractivity contribution is 5.74. The number of piperidine rings is 1. The van der Waals surface area contributed by atoms with Crippen LogP contribution >= 0.6 is 0 Å². The lowest BCUT2D eigenvalue weighted by atomic mass is 9.44. The molecule has 0 aromatic heterocycles. The number of rotatable bonds is 0. The third-order valence-corrected chi connectivity index (χ3v) is 9.20. The van der Waals surface area contributed by atoms with E-state index in [9.17, 15) is 9.90 Å². The highest BCUT2D eigenvalue weighted by Crippen LogP contribution is 2.64. The molecule has 3 heteroatoms. The summed E-state index contributed by atoms with van der Waals surface area (Å²) >= 11 is 0. The monoisotopic (exact) mass is 347 g/mol. The molecule has 0 aromatic rings. The van der Waals surface area contributed by atoms with E-state index in [0.717, 1.165) is 31.2 Å². The predicted octanol–water partition coefficient (Wildman–Crippen LogP) is 4.38. The number of carbonyl (C=O) groups is 1. The third kappa shape index (κ3) is 2.59. The van der Waals surface area contributed by atoms with E-state index >= 15 is 0 Å². The van der Waals surface area contributed by atoms with Gasteiger partial charge in [0.05, 0.1) is 5.60 Å². The van der Waals surface area contributed by atoms with Gasteiger partial charge in [0.2, 0.25) is 5.91 Å². The molecular weight excluding hydrogens is 310 g/mol. The van der Waals surface area contributed by atoms with E-state index in [2.05, 4.69) is 18.7 Å². The first kappa shape index (κ1) is 17.8. The molecule has 3 aliphatic carbocycles. The smallest absolute Gasteiger partial charge is 0.219 e. The maximum atomic E-state index is 12.3. The lowest BCUT2D eigenvalue weighted by molar-refractivity contribution is -0.171. The van der Waals surface area contributed by atoms with Gasteiger partial charge >= 0.3 is 0 Å². The van der Waals surface area contributed by atoms with Gasteiger partial charge in [-0.25, -0.2) is 0 Å². The second-order valence-corrected chi connectivity index (χ2v) is 10.6. The number of hydrogen-bond donors (Lipinski definition) is 1. The van der Waals surface area contributed by atoms with Crippen molar-refractivity contribution in [3.8, 4) is 0 Å². The van der Waals surface area contributed by atoms with E-state index in [4.69, 9.17) is 0 Å². The predicted molar refractivity (Wildman–Crippen MR) is 100 cm³/mol. The minimum absolute atomic E-state index is 0.0919. The summed E-state index contributed by atoms with van der Waals surface area (Å²) in [7, 11) is 0. The third-order valence-electron chi connectivity index (χ3n) is 9.20.